The number of hydrogen-bond acceptors (Lipinski definition) is 6. The van der Waals surface area contributed by atoms with E-state index in [1.807, 2.05) is 17.5 Å². The third-order valence-electron chi connectivity index (χ3n) is 1.87. The van der Waals surface area contributed by atoms with Crippen LogP contribution in [-0.4, -0.2) is 17.3 Å². The maximum atomic E-state index is 5.94. The first-order chi connectivity index (χ1) is 7.31. The zero-order chi connectivity index (χ0) is 10.7. The van der Waals surface area contributed by atoms with Crippen LogP contribution >= 0.6 is 11.3 Å². The van der Waals surface area contributed by atoms with Crippen LogP contribution in [-0.2, 0) is 11.3 Å². The van der Waals surface area contributed by atoms with E-state index in [0.29, 0.717) is 18.3 Å². The summed E-state index contributed by atoms with van der Waals surface area (Å²) in [6, 6.07) is 3.53. The summed E-state index contributed by atoms with van der Waals surface area (Å²) in [4.78, 5) is 5.14. The molecule has 6 heteroatoms. The summed E-state index contributed by atoms with van der Waals surface area (Å²) in [5.41, 5.74) is 5.94. The fourth-order valence-corrected chi connectivity index (χ4v) is 1.89. The number of aromatic nitrogens is 2. The van der Waals surface area contributed by atoms with Crippen molar-refractivity contribution >= 4 is 11.3 Å². The van der Waals surface area contributed by atoms with Crippen molar-refractivity contribution in [3.05, 3.63) is 34.1 Å². The minimum Gasteiger partial charge on any atom is -0.377 e. The fourth-order valence-electron chi connectivity index (χ4n) is 1.17. The van der Waals surface area contributed by atoms with Gasteiger partial charge in [0.05, 0.1) is 0 Å². The van der Waals surface area contributed by atoms with E-state index in [4.69, 9.17) is 15.0 Å². The average molecular weight is 225 g/mol. The van der Waals surface area contributed by atoms with Crippen molar-refractivity contribution in [3.63, 3.8) is 0 Å². The summed E-state index contributed by atoms with van der Waals surface area (Å²) < 4.78 is 9.93. The van der Waals surface area contributed by atoms with Gasteiger partial charge in [0, 0.05) is 12.0 Å². The fraction of sp³-hybridized carbons (Fsp3) is 0.333. The van der Waals surface area contributed by atoms with Crippen LogP contribution in [0.3, 0.4) is 0 Å². The van der Waals surface area contributed by atoms with E-state index >= 15 is 0 Å². The quantitative estimate of drug-likeness (QED) is 0.849. The highest BCUT2D eigenvalue weighted by Crippen LogP contribution is 2.22. The molecule has 0 bridgehead atoms. The van der Waals surface area contributed by atoms with Gasteiger partial charge in [0.2, 0.25) is 5.89 Å². The third-order valence-corrected chi connectivity index (χ3v) is 2.83. The lowest BCUT2D eigenvalue weighted by molar-refractivity contribution is 0.174. The first-order valence-corrected chi connectivity index (χ1v) is 5.29. The molecule has 1 unspecified atom stereocenters. The van der Waals surface area contributed by atoms with Gasteiger partial charge in [0.1, 0.15) is 12.6 Å². The molecule has 0 saturated carbocycles. The van der Waals surface area contributed by atoms with Crippen LogP contribution in [0.5, 0.6) is 0 Å². The number of nitrogens with two attached hydrogens (primary N) is 1. The van der Waals surface area contributed by atoms with Crippen LogP contribution < -0.4 is 5.73 Å². The van der Waals surface area contributed by atoms with Crippen LogP contribution in [0.4, 0.5) is 0 Å². The molecule has 2 rings (SSSR count). The molecule has 0 aliphatic carbocycles. The number of thiophene rings is 1. The summed E-state index contributed by atoms with van der Waals surface area (Å²) in [7, 11) is 1.58. The molecule has 5 nitrogen and oxygen atoms in total. The van der Waals surface area contributed by atoms with Crippen molar-refractivity contribution in [2.75, 3.05) is 7.11 Å². The van der Waals surface area contributed by atoms with Gasteiger partial charge in [-0.05, 0) is 11.4 Å². The molecule has 0 aliphatic rings. The van der Waals surface area contributed by atoms with Crippen molar-refractivity contribution in [2.45, 2.75) is 12.6 Å². The monoisotopic (exact) mass is 225 g/mol. The summed E-state index contributed by atoms with van der Waals surface area (Å²) >= 11 is 1.56. The lowest BCUT2D eigenvalue weighted by Gasteiger charge is -2.01. The molecule has 80 valence electrons. The van der Waals surface area contributed by atoms with Crippen LogP contribution in [0, 0.1) is 0 Å². The van der Waals surface area contributed by atoms with Crippen molar-refractivity contribution in [3.8, 4) is 0 Å². The first kappa shape index (κ1) is 10.3. The molecule has 1 atom stereocenters. The molecule has 15 heavy (non-hydrogen) atoms. The van der Waals surface area contributed by atoms with Gasteiger partial charge in [0.15, 0.2) is 5.82 Å². The highest BCUT2D eigenvalue weighted by atomic mass is 32.1. The number of methoxy groups -OCH3 is 1. The van der Waals surface area contributed by atoms with E-state index in [2.05, 4.69) is 10.1 Å². The molecule has 0 fully saturated rings. The maximum absolute atomic E-state index is 5.94. The van der Waals surface area contributed by atoms with Gasteiger partial charge in [-0.15, -0.1) is 11.3 Å². The predicted octanol–water partition coefficient (Wildman–Crippen LogP) is 1.33. The lowest BCUT2D eigenvalue weighted by Crippen LogP contribution is -2.10. The van der Waals surface area contributed by atoms with Crippen molar-refractivity contribution in [1.82, 2.24) is 10.1 Å². The molecular weight excluding hydrogens is 214 g/mol. The molecule has 2 heterocycles. The lowest BCUT2D eigenvalue weighted by atomic mass is 10.2. The van der Waals surface area contributed by atoms with E-state index in [9.17, 15) is 0 Å². The second-order valence-electron chi connectivity index (χ2n) is 2.97. The molecule has 0 radical (unpaired) electrons. The molecule has 0 spiro atoms. The normalized spacial score (nSPS) is 12.9. The first-order valence-electron chi connectivity index (χ1n) is 4.41. The summed E-state index contributed by atoms with van der Waals surface area (Å²) in [5.74, 6) is 0.934. The Hall–Kier alpha value is -1.24. The number of hydrogen-bond donors (Lipinski definition) is 1. The maximum Gasteiger partial charge on any atom is 0.249 e. The largest absolute Gasteiger partial charge is 0.377 e. The topological polar surface area (TPSA) is 74.2 Å². The van der Waals surface area contributed by atoms with Crippen LogP contribution in [0.25, 0.3) is 0 Å². The van der Waals surface area contributed by atoms with Gasteiger partial charge in [-0.3, -0.25) is 0 Å². The molecule has 0 saturated heterocycles. The Morgan fingerprint density at radius 3 is 3.20 bits per heavy atom. The Morgan fingerprint density at radius 2 is 2.53 bits per heavy atom. The second kappa shape index (κ2) is 4.52. The molecule has 2 aromatic heterocycles. The van der Waals surface area contributed by atoms with Crippen LogP contribution in [0.15, 0.2) is 22.0 Å². The molecule has 0 aliphatic heterocycles. The molecule has 2 aromatic rings. The minimum atomic E-state index is -0.344. The van der Waals surface area contributed by atoms with Gasteiger partial charge in [-0.2, -0.15) is 4.98 Å². The SMILES string of the molecule is COCc1noc(C(N)c2cccs2)n1. The van der Waals surface area contributed by atoms with Crippen LogP contribution in [0.1, 0.15) is 22.6 Å². The van der Waals surface area contributed by atoms with Crippen molar-refractivity contribution in [2.24, 2.45) is 5.73 Å². The Bertz CT molecular complexity index is 413. The van der Waals surface area contributed by atoms with Gasteiger partial charge in [-0.25, -0.2) is 0 Å². The van der Waals surface area contributed by atoms with Gasteiger partial charge >= 0.3 is 0 Å². The predicted molar refractivity (Wildman–Crippen MR) is 55.4 cm³/mol. The Labute approximate surface area is 90.9 Å². The third kappa shape index (κ3) is 2.23. The Balaban J connectivity index is 2.15. The number of nitrogens with zero attached hydrogens (tertiary/aromatic N) is 2. The standard InChI is InChI=1S/C9H11N3O2S/c1-13-5-7-11-9(14-12-7)8(10)6-3-2-4-15-6/h2-4,8H,5,10H2,1H3. The number of ether oxygens (including phenoxy) is 1. The highest BCUT2D eigenvalue weighted by molar-refractivity contribution is 7.10. The Kier molecular flexibility index (Phi) is 3.10. The Morgan fingerprint density at radius 1 is 1.67 bits per heavy atom. The van der Waals surface area contributed by atoms with Gasteiger partial charge < -0.3 is 15.0 Å². The molecule has 2 N–H and O–H groups in total. The highest BCUT2D eigenvalue weighted by Gasteiger charge is 2.17. The van der Waals surface area contributed by atoms with E-state index < -0.39 is 0 Å². The van der Waals surface area contributed by atoms with Gasteiger partial charge in [-0.1, -0.05) is 11.2 Å². The van der Waals surface area contributed by atoms with Gasteiger partial charge in [0.25, 0.3) is 0 Å². The smallest absolute Gasteiger partial charge is 0.249 e. The molecule has 0 amide bonds. The summed E-state index contributed by atoms with van der Waals surface area (Å²) in [6.07, 6.45) is 0. The van der Waals surface area contributed by atoms with E-state index in [0.717, 1.165) is 4.88 Å². The average Bonchev–Trinajstić information content (AvgIpc) is 2.87. The zero-order valence-electron chi connectivity index (χ0n) is 8.21. The second-order valence-corrected chi connectivity index (χ2v) is 3.95. The summed E-state index contributed by atoms with van der Waals surface area (Å²) in [5, 5.41) is 5.71. The zero-order valence-corrected chi connectivity index (χ0v) is 9.03. The van der Waals surface area contributed by atoms with Crippen LogP contribution in [0.2, 0.25) is 0 Å². The number of rotatable bonds is 4. The van der Waals surface area contributed by atoms with E-state index in [1.165, 1.54) is 0 Å². The van der Waals surface area contributed by atoms with Crippen molar-refractivity contribution < 1.29 is 9.26 Å². The molecule has 0 aromatic carbocycles. The van der Waals surface area contributed by atoms with E-state index in [-0.39, 0.29) is 6.04 Å². The summed E-state index contributed by atoms with van der Waals surface area (Å²) in [6.45, 7) is 0.334. The van der Waals surface area contributed by atoms with Crippen molar-refractivity contribution in [1.29, 1.82) is 0 Å². The molecular formula is C9H11N3O2S. The van der Waals surface area contributed by atoms with E-state index in [1.54, 1.807) is 18.4 Å². The minimum absolute atomic E-state index is 0.334.